The summed E-state index contributed by atoms with van der Waals surface area (Å²) < 4.78 is 0. The van der Waals surface area contributed by atoms with Gasteiger partial charge in [0.25, 0.3) is 0 Å². The largest absolute Gasteiger partial charge is 0.355 e. The number of likely N-dealkylation sites (tertiary alicyclic amines) is 1. The van der Waals surface area contributed by atoms with Gasteiger partial charge in [-0.3, -0.25) is 4.79 Å². The van der Waals surface area contributed by atoms with E-state index in [1.165, 1.54) is 6.42 Å². The third-order valence-corrected chi connectivity index (χ3v) is 6.94. The Labute approximate surface area is 175 Å². The molecule has 0 bridgehead atoms. The van der Waals surface area contributed by atoms with Crippen molar-refractivity contribution in [2.24, 2.45) is 5.92 Å². The maximum Gasteiger partial charge on any atom is 0.321 e. The van der Waals surface area contributed by atoms with Crippen molar-refractivity contribution >= 4 is 29.0 Å². The summed E-state index contributed by atoms with van der Waals surface area (Å²) in [5, 5.41) is 9.26. The van der Waals surface area contributed by atoms with Crippen LogP contribution in [0.25, 0.3) is 0 Å². The summed E-state index contributed by atoms with van der Waals surface area (Å²) in [4.78, 5) is 31.0. The number of para-hydroxylation sites is 1. The molecule has 154 valence electrons. The summed E-state index contributed by atoms with van der Waals surface area (Å²) in [6, 6.07) is 9.54. The highest BCUT2D eigenvalue weighted by Gasteiger charge is 2.26. The third-order valence-electron chi connectivity index (χ3n) is 5.88. The Morgan fingerprint density at radius 2 is 1.86 bits per heavy atom. The molecular weight excluding hydrogens is 384 g/mol. The minimum absolute atomic E-state index is 0.0308. The zero-order valence-electron chi connectivity index (χ0n) is 16.6. The van der Waals surface area contributed by atoms with Gasteiger partial charge >= 0.3 is 6.03 Å². The molecule has 1 aliphatic carbocycles. The van der Waals surface area contributed by atoms with E-state index in [2.05, 4.69) is 16.0 Å². The minimum Gasteiger partial charge on any atom is -0.355 e. The van der Waals surface area contributed by atoms with Gasteiger partial charge < -0.3 is 15.5 Å². The monoisotopic (exact) mass is 412 g/mol. The van der Waals surface area contributed by atoms with E-state index >= 15 is 0 Å². The van der Waals surface area contributed by atoms with Gasteiger partial charge in [-0.2, -0.15) is 0 Å². The van der Waals surface area contributed by atoms with Crippen LogP contribution >= 0.6 is 11.3 Å². The molecule has 2 aliphatic rings. The summed E-state index contributed by atoms with van der Waals surface area (Å²) in [6.45, 7) is 2.15. The number of urea groups is 1. The Kier molecular flexibility index (Phi) is 6.44. The van der Waals surface area contributed by atoms with Crippen molar-refractivity contribution < 1.29 is 9.59 Å². The Hall–Kier alpha value is -2.41. The van der Waals surface area contributed by atoms with E-state index < -0.39 is 0 Å². The van der Waals surface area contributed by atoms with E-state index in [0.29, 0.717) is 12.5 Å². The number of hydrogen-bond donors (Lipinski definition) is 2. The van der Waals surface area contributed by atoms with Crippen LogP contribution in [0.1, 0.15) is 48.7 Å². The molecule has 7 heteroatoms. The average Bonchev–Trinajstić information content (AvgIpc) is 3.16. The standard InChI is InChI=1S/C22H28N4O2S/c27-20(16-5-4-6-16)23-12-9-19-15-29-21(24-19)17-10-13-26(14-11-17)22(28)25-18-7-2-1-3-8-18/h1-3,7-8,15-17H,4-6,9-14H2,(H,23,27)(H,25,28). The summed E-state index contributed by atoms with van der Waals surface area (Å²) in [5.41, 5.74) is 1.89. The summed E-state index contributed by atoms with van der Waals surface area (Å²) in [7, 11) is 0. The second-order valence-corrected chi connectivity index (χ2v) is 8.79. The molecule has 1 aliphatic heterocycles. The van der Waals surface area contributed by atoms with E-state index in [1.54, 1.807) is 11.3 Å². The highest BCUT2D eigenvalue weighted by molar-refractivity contribution is 7.09. The first-order valence-corrected chi connectivity index (χ1v) is 11.4. The molecule has 4 rings (SSSR count). The van der Waals surface area contributed by atoms with Gasteiger partial charge in [0.1, 0.15) is 0 Å². The SMILES string of the molecule is O=C(NCCc1csc(C2CCN(C(=O)Nc3ccccc3)CC2)n1)C1CCC1. The molecule has 2 N–H and O–H groups in total. The second kappa shape index (κ2) is 9.39. The van der Waals surface area contributed by atoms with Gasteiger partial charge in [0, 0.05) is 49.0 Å². The molecule has 2 fully saturated rings. The zero-order chi connectivity index (χ0) is 20.1. The molecule has 2 aromatic rings. The van der Waals surface area contributed by atoms with Crippen LogP contribution in [-0.4, -0.2) is 41.5 Å². The average molecular weight is 413 g/mol. The quantitative estimate of drug-likeness (QED) is 0.753. The highest BCUT2D eigenvalue weighted by atomic mass is 32.1. The Bertz CT molecular complexity index is 826. The number of piperidine rings is 1. The Morgan fingerprint density at radius 3 is 2.55 bits per heavy atom. The van der Waals surface area contributed by atoms with Crippen LogP contribution in [0, 0.1) is 5.92 Å². The minimum atomic E-state index is -0.0308. The van der Waals surface area contributed by atoms with Gasteiger partial charge in [-0.05, 0) is 37.8 Å². The summed E-state index contributed by atoms with van der Waals surface area (Å²) >= 11 is 1.71. The lowest BCUT2D eigenvalue weighted by molar-refractivity contribution is -0.127. The van der Waals surface area contributed by atoms with Crippen LogP contribution in [0.4, 0.5) is 10.5 Å². The number of carbonyl (C=O) groups is 2. The molecule has 0 unspecified atom stereocenters. The molecule has 2 heterocycles. The fourth-order valence-corrected chi connectivity index (χ4v) is 4.83. The van der Waals surface area contributed by atoms with Crippen LogP contribution < -0.4 is 10.6 Å². The molecule has 6 nitrogen and oxygen atoms in total. The zero-order valence-corrected chi connectivity index (χ0v) is 17.4. The topological polar surface area (TPSA) is 74.3 Å². The predicted octanol–water partition coefficient (Wildman–Crippen LogP) is 4.01. The normalized spacial score (nSPS) is 17.6. The fourth-order valence-electron chi connectivity index (χ4n) is 3.81. The Morgan fingerprint density at radius 1 is 1.10 bits per heavy atom. The van der Waals surface area contributed by atoms with Crippen molar-refractivity contribution in [3.63, 3.8) is 0 Å². The number of aromatic nitrogens is 1. The lowest BCUT2D eigenvalue weighted by Gasteiger charge is -2.31. The number of nitrogens with one attached hydrogen (secondary N) is 2. The molecule has 1 saturated carbocycles. The summed E-state index contributed by atoms with van der Waals surface area (Å²) in [5.74, 6) is 0.859. The number of thiazole rings is 1. The first-order chi connectivity index (χ1) is 14.2. The first-order valence-electron chi connectivity index (χ1n) is 10.5. The maximum atomic E-state index is 12.4. The van der Waals surface area contributed by atoms with Crippen LogP contribution in [0.2, 0.25) is 0 Å². The number of amides is 3. The molecule has 1 aromatic heterocycles. The van der Waals surface area contributed by atoms with E-state index in [4.69, 9.17) is 4.98 Å². The first kappa shape index (κ1) is 19.9. The number of anilines is 1. The predicted molar refractivity (Wildman–Crippen MR) is 115 cm³/mol. The van der Waals surface area contributed by atoms with Gasteiger partial charge in [-0.15, -0.1) is 11.3 Å². The number of benzene rings is 1. The van der Waals surface area contributed by atoms with Crippen molar-refractivity contribution in [2.45, 2.75) is 44.4 Å². The molecule has 0 spiro atoms. The van der Waals surface area contributed by atoms with Gasteiger partial charge in [0.2, 0.25) is 5.91 Å². The number of rotatable bonds is 6. The van der Waals surface area contributed by atoms with Crippen molar-refractivity contribution in [3.8, 4) is 0 Å². The van der Waals surface area contributed by atoms with Crippen LogP contribution in [0.15, 0.2) is 35.7 Å². The molecule has 3 amide bonds. The second-order valence-electron chi connectivity index (χ2n) is 7.90. The van der Waals surface area contributed by atoms with Gasteiger partial charge in [0.15, 0.2) is 0 Å². The number of nitrogens with zero attached hydrogens (tertiary/aromatic N) is 2. The van der Waals surface area contributed by atoms with Crippen LogP contribution in [0.5, 0.6) is 0 Å². The fraction of sp³-hybridized carbons (Fsp3) is 0.500. The van der Waals surface area contributed by atoms with E-state index in [9.17, 15) is 9.59 Å². The van der Waals surface area contributed by atoms with Gasteiger partial charge in [-0.25, -0.2) is 9.78 Å². The van der Waals surface area contributed by atoms with Crippen molar-refractivity contribution in [1.82, 2.24) is 15.2 Å². The van der Waals surface area contributed by atoms with E-state index in [-0.39, 0.29) is 17.9 Å². The number of carbonyl (C=O) groups excluding carboxylic acids is 2. The molecule has 29 heavy (non-hydrogen) atoms. The van der Waals surface area contributed by atoms with Crippen LogP contribution in [0.3, 0.4) is 0 Å². The van der Waals surface area contributed by atoms with Crippen molar-refractivity contribution in [1.29, 1.82) is 0 Å². The molecule has 0 radical (unpaired) electrons. The van der Waals surface area contributed by atoms with Gasteiger partial charge in [0.05, 0.1) is 10.7 Å². The van der Waals surface area contributed by atoms with Crippen molar-refractivity contribution in [2.75, 3.05) is 25.0 Å². The lowest BCUT2D eigenvalue weighted by atomic mass is 9.85. The number of hydrogen-bond acceptors (Lipinski definition) is 4. The summed E-state index contributed by atoms with van der Waals surface area (Å²) in [6.07, 6.45) is 5.91. The lowest BCUT2D eigenvalue weighted by Crippen LogP contribution is -2.40. The van der Waals surface area contributed by atoms with E-state index in [1.807, 2.05) is 35.2 Å². The Balaban J connectivity index is 1.20. The smallest absolute Gasteiger partial charge is 0.321 e. The van der Waals surface area contributed by atoms with Crippen molar-refractivity contribution in [3.05, 3.63) is 46.4 Å². The molecule has 0 atom stereocenters. The van der Waals surface area contributed by atoms with Crippen LogP contribution in [-0.2, 0) is 11.2 Å². The molecular formula is C22H28N4O2S. The molecule has 1 aromatic carbocycles. The highest BCUT2D eigenvalue weighted by Crippen LogP contribution is 2.31. The third kappa shape index (κ3) is 5.15. The van der Waals surface area contributed by atoms with Gasteiger partial charge in [-0.1, -0.05) is 24.6 Å². The molecule has 1 saturated heterocycles. The maximum absolute atomic E-state index is 12.4. The van der Waals surface area contributed by atoms with E-state index in [0.717, 1.165) is 61.6 Å².